The van der Waals surface area contributed by atoms with E-state index in [1.54, 1.807) is 30.5 Å². The minimum atomic E-state index is -3.50. The quantitative estimate of drug-likeness (QED) is 0.583. The summed E-state index contributed by atoms with van der Waals surface area (Å²) in [6.45, 7) is 4.99. The molecular formula is C22H25N5O3S. The third kappa shape index (κ3) is 5.93. The van der Waals surface area contributed by atoms with Crippen molar-refractivity contribution >= 4 is 32.9 Å². The lowest BCUT2D eigenvalue weighted by atomic mass is 10.2. The summed E-state index contributed by atoms with van der Waals surface area (Å²) in [6, 6.07) is 16.5. The number of nitrogens with one attached hydrogen (secondary N) is 2. The fourth-order valence-corrected chi connectivity index (χ4v) is 4.60. The number of aryl methyl sites for hydroxylation is 1. The Balaban J connectivity index is 1.39. The largest absolute Gasteiger partial charge is 0.378 e. The number of rotatable bonds is 7. The van der Waals surface area contributed by atoms with Crippen molar-refractivity contribution in [3.63, 3.8) is 0 Å². The molecule has 0 unspecified atom stereocenters. The van der Waals surface area contributed by atoms with Crippen LogP contribution in [-0.2, 0) is 20.5 Å². The van der Waals surface area contributed by atoms with E-state index in [0.717, 1.165) is 35.6 Å². The first-order valence-corrected chi connectivity index (χ1v) is 11.7. The summed E-state index contributed by atoms with van der Waals surface area (Å²) < 4.78 is 33.0. The van der Waals surface area contributed by atoms with E-state index in [1.165, 1.54) is 0 Å². The molecule has 1 saturated heterocycles. The van der Waals surface area contributed by atoms with Crippen LogP contribution in [0, 0.1) is 6.92 Å². The average Bonchev–Trinajstić information content (AvgIpc) is 2.75. The Bertz CT molecular complexity index is 1130. The lowest BCUT2D eigenvalue weighted by molar-refractivity contribution is 0.122. The maximum absolute atomic E-state index is 12.5. The van der Waals surface area contributed by atoms with Crippen LogP contribution in [0.15, 0.2) is 60.8 Å². The minimum absolute atomic E-state index is 0.0708. The number of hydrogen-bond acceptors (Lipinski definition) is 7. The SMILES string of the molecule is Cc1cccc(CS(=O)(=O)Nc2ccc(Nc3cc(N4CCOCC4)cnn3)cc2)c1. The number of hydrogen-bond donors (Lipinski definition) is 2. The number of ether oxygens (including phenoxy) is 1. The minimum Gasteiger partial charge on any atom is -0.378 e. The van der Waals surface area contributed by atoms with Gasteiger partial charge in [0.1, 0.15) is 0 Å². The van der Waals surface area contributed by atoms with Crippen LogP contribution in [0.3, 0.4) is 0 Å². The highest BCUT2D eigenvalue weighted by molar-refractivity contribution is 7.91. The van der Waals surface area contributed by atoms with E-state index in [4.69, 9.17) is 4.74 Å². The molecule has 0 spiro atoms. The molecule has 8 nitrogen and oxygen atoms in total. The molecule has 3 aromatic rings. The molecule has 0 aliphatic carbocycles. The first kappa shape index (κ1) is 21.1. The van der Waals surface area contributed by atoms with E-state index in [2.05, 4.69) is 25.1 Å². The summed E-state index contributed by atoms with van der Waals surface area (Å²) in [7, 11) is -3.50. The third-order valence-electron chi connectivity index (χ3n) is 4.89. The first-order valence-electron chi connectivity index (χ1n) is 10.1. The summed E-state index contributed by atoms with van der Waals surface area (Å²) in [5.74, 6) is 0.551. The Kier molecular flexibility index (Phi) is 6.34. The molecule has 1 fully saturated rings. The highest BCUT2D eigenvalue weighted by Gasteiger charge is 2.14. The van der Waals surface area contributed by atoms with Gasteiger partial charge in [0.2, 0.25) is 10.0 Å². The highest BCUT2D eigenvalue weighted by atomic mass is 32.2. The van der Waals surface area contributed by atoms with E-state index in [1.807, 2.05) is 37.3 Å². The van der Waals surface area contributed by atoms with E-state index in [-0.39, 0.29) is 5.75 Å². The van der Waals surface area contributed by atoms with Crippen molar-refractivity contribution in [3.8, 4) is 0 Å². The fraction of sp³-hybridized carbons (Fsp3) is 0.273. The lowest BCUT2D eigenvalue weighted by Crippen LogP contribution is -2.36. The van der Waals surface area contributed by atoms with Gasteiger partial charge < -0.3 is 15.0 Å². The molecule has 0 radical (unpaired) electrons. The molecule has 2 aromatic carbocycles. The van der Waals surface area contributed by atoms with Crippen LogP contribution in [0.25, 0.3) is 0 Å². The van der Waals surface area contributed by atoms with Crippen LogP contribution in [0.1, 0.15) is 11.1 Å². The molecular weight excluding hydrogens is 414 g/mol. The van der Waals surface area contributed by atoms with Crippen molar-refractivity contribution in [2.45, 2.75) is 12.7 Å². The van der Waals surface area contributed by atoms with Crippen LogP contribution >= 0.6 is 0 Å². The molecule has 1 aliphatic rings. The van der Waals surface area contributed by atoms with Gasteiger partial charge in [-0.15, -0.1) is 5.10 Å². The molecule has 0 bridgehead atoms. The summed E-state index contributed by atoms with van der Waals surface area (Å²) in [4.78, 5) is 2.20. The van der Waals surface area contributed by atoms with Gasteiger partial charge in [-0.3, -0.25) is 4.72 Å². The second-order valence-electron chi connectivity index (χ2n) is 7.45. The van der Waals surface area contributed by atoms with Crippen molar-refractivity contribution in [1.29, 1.82) is 0 Å². The zero-order chi connectivity index (χ0) is 21.7. The number of anilines is 4. The predicted molar refractivity (Wildman–Crippen MR) is 122 cm³/mol. The standard InChI is InChI=1S/C22H25N5O3S/c1-17-3-2-4-18(13-17)16-31(28,29)26-20-7-5-19(6-8-20)24-22-14-21(15-23-25-22)27-9-11-30-12-10-27/h2-8,13-15,26H,9-12,16H2,1H3,(H,24,25). The molecule has 0 amide bonds. The smallest absolute Gasteiger partial charge is 0.236 e. The van der Waals surface area contributed by atoms with E-state index in [0.29, 0.717) is 24.7 Å². The summed E-state index contributed by atoms with van der Waals surface area (Å²) >= 11 is 0. The maximum atomic E-state index is 12.5. The zero-order valence-electron chi connectivity index (χ0n) is 17.3. The molecule has 0 saturated carbocycles. The van der Waals surface area contributed by atoms with Gasteiger partial charge >= 0.3 is 0 Å². The number of morpholine rings is 1. The summed E-state index contributed by atoms with van der Waals surface area (Å²) in [5.41, 5.74) is 4.07. The second-order valence-corrected chi connectivity index (χ2v) is 9.17. The van der Waals surface area contributed by atoms with Gasteiger partial charge in [0.05, 0.1) is 30.9 Å². The van der Waals surface area contributed by atoms with Crippen LogP contribution in [-0.4, -0.2) is 44.9 Å². The van der Waals surface area contributed by atoms with Gasteiger partial charge in [0.25, 0.3) is 0 Å². The maximum Gasteiger partial charge on any atom is 0.236 e. The zero-order valence-corrected chi connectivity index (χ0v) is 18.1. The van der Waals surface area contributed by atoms with Gasteiger partial charge in [-0.05, 0) is 36.8 Å². The van der Waals surface area contributed by atoms with Gasteiger partial charge in [0.15, 0.2) is 5.82 Å². The van der Waals surface area contributed by atoms with Gasteiger partial charge in [0, 0.05) is 30.5 Å². The third-order valence-corrected chi connectivity index (χ3v) is 6.15. The molecule has 1 aromatic heterocycles. The highest BCUT2D eigenvalue weighted by Crippen LogP contribution is 2.22. The molecule has 1 aliphatic heterocycles. The Morgan fingerprint density at radius 2 is 1.77 bits per heavy atom. The van der Waals surface area contributed by atoms with Gasteiger partial charge in [-0.2, -0.15) is 5.10 Å². The molecule has 0 atom stereocenters. The van der Waals surface area contributed by atoms with Crippen LogP contribution in [0.2, 0.25) is 0 Å². The van der Waals surface area contributed by atoms with E-state index in [9.17, 15) is 8.42 Å². The average molecular weight is 440 g/mol. The van der Waals surface area contributed by atoms with Gasteiger partial charge in [-0.25, -0.2) is 8.42 Å². The van der Waals surface area contributed by atoms with Crippen LogP contribution < -0.4 is 14.9 Å². The van der Waals surface area contributed by atoms with Crippen molar-refractivity contribution in [2.24, 2.45) is 0 Å². The van der Waals surface area contributed by atoms with Crippen molar-refractivity contribution in [2.75, 3.05) is 41.2 Å². The Morgan fingerprint density at radius 1 is 1.03 bits per heavy atom. The number of nitrogens with zero attached hydrogens (tertiary/aromatic N) is 3. The fourth-order valence-electron chi connectivity index (χ4n) is 3.42. The molecule has 9 heteroatoms. The van der Waals surface area contributed by atoms with Crippen LogP contribution in [0.5, 0.6) is 0 Å². The Hall–Kier alpha value is -3.17. The lowest BCUT2D eigenvalue weighted by Gasteiger charge is -2.28. The summed E-state index contributed by atoms with van der Waals surface area (Å²) in [6.07, 6.45) is 1.74. The number of sulfonamides is 1. The van der Waals surface area contributed by atoms with E-state index >= 15 is 0 Å². The molecule has 31 heavy (non-hydrogen) atoms. The Morgan fingerprint density at radius 3 is 2.52 bits per heavy atom. The van der Waals surface area contributed by atoms with Crippen molar-refractivity contribution < 1.29 is 13.2 Å². The second kappa shape index (κ2) is 9.32. The molecule has 162 valence electrons. The first-order chi connectivity index (χ1) is 15.0. The van der Waals surface area contributed by atoms with Gasteiger partial charge in [-0.1, -0.05) is 29.8 Å². The van der Waals surface area contributed by atoms with Crippen LogP contribution in [0.4, 0.5) is 22.9 Å². The normalized spacial score (nSPS) is 14.3. The molecule has 4 rings (SSSR count). The molecule has 2 N–H and O–H groups in total. The number of aromatic nitrogens is 2. The van der Waals surface area contributed by atoms with Crippen molar-refractivity contribution in [1.82, 2.24) is 10.2 Å². The monoisotopic (exact) mass is 439 g/mol. The van der Waals surface area contributed by atoms with E-state index < -0.39 is 10.0 Å². The molecule has 2 heterocycles. The Labute approximate surface area is 182 Å². The topological polar surface area (TPSA) is 96.5 Å². The predicted octanol–water partition coefficient (Wildman–Crippen LogP) is 3.31. The van der Waals surface area contributed by atoms with Crippen molar-refractivity contribution in [3.05, 3.63) is 71.9 Å². The summed E-state index contributed by atoms with van der Waals surface area (Å²) in [5, 5.41) is 11.4. The number of benzene rings is 2.